The molecule has 1 fully saturated rings. The highest BCUT2D eigenvalue weighted by atomic mass is 79.9. The van der Waals surface area contributed by atoms with E-state index < -0.39 is 0 Å². The number of hydrogen-bond donors (Lipinski definition) is 1. The van der Waals surface area contributed by atoms with Gasteiger partial charge in [0.1, 0.15) is 0 Å². The van der Waals surface area contributed by atoms with Crippen LogP contribution < -0.4 is 5.32 Å². The topological polar surface area (TPSA) is 15.3 Å². The van der Waals surface area contributed by atoms with Gasteiger partial charge in [-0.15, -0.1) is 0 Å². The zero-order chi connectivity index (χ0) is 14.5. The van der Waals surface area contributed by atoms with Gasteiger partial charge in [-0.05, 0) is 56.5 Å². The molecule has 0 spiro atoms. The Labute approximate surface area is 132 Å². The summed E-state index contributed by atoms with van der Waals surface area (Å²) in [5.74, 6) is 0.778. The molecule has 20 heavy (non-hydrogen) atoms. The Kier molecular flexibility index (Phi) is 6.06. The quantitative estimate of drug-likeness (QED) is 0.864. The summed E-state index contributed by atoms with van der Waals surface area (Å²) < 4.78 is 1.16. The van der Waals surface area contributed by atoms with Crippen LogP contribution in [0, 0.1) is 5.92 Å². The van der Waals surface area contributed by atoms with Crippen LogP contribution in [0.2, 0.25) is 0 Å². The van der Waals surface area contributed by atoms with Crippen molar-refractivity contribution in [3.63, 3.8) is 0 Å². The molecule has 1 aliphatic heterocycles. The first-order valence-corrected chi connectivity index (χ1v) is 8.57. The third-order valence-corrected chi connectivity index (χ3v) is 4.54. The van der Waals surface area contributed by atoms with Gasteiger partial charge in [-0.3, -0.25) is 0 Å². The van der Waals surface area contributed by atoms with Gasteiger partial charge in [-0.1, -0.05) is 41.9 Å². The van der Waals surface area contributed by atoms with Crippen molar-refractivity contribution >= 4 is 15.9 Å². The summed E-state index contributed by atoms with van der Waals surface area (Å²) in [5, 5.41) is 3.79. The Morgan fingerprint density at radius 3 is 2.55 bits per heavy atom. The maximum Gasteiger partial charge on any atom is 0.0294 e. The standard InChI is InChI=1S/C17H27BrN2/c1-13(2)12-20-9-7-17(8-10-20)19-14(3)15-5-4-6-16(18)11-15/h4-6,11,13-14,17,19H,7-10,12H2,1-3H3. The molecule has 0 radical (unpaired) electrons. The van der Waals surface area contributed by atoms with Crippen LogP contribution in [0.3, 0.4) is 0 Å². The summed E-state index contributed by atoms with van der Waals surface area (Å²) in [6, 6.07) is 9.70. The first-order valence-electron chi connectivity index (χ1n) is 7.78. The van der Waals surface area contributed by atoms with Crippen molar-refractivity contribution < 1.29 is 0 Å². The zero-order valence-corrected chi connectivity index (χ0v) is 14.5. The van der Waals surface area contributed by atoms with Gasteiger partial charge in [-0.2, -0.15) is 0 Å². The van der Waals surface area contributed by atoms with Crippen LogP contribution in [0.1, 0.15) is 45.2 Å². The van der Waals surface area contributed by atoms with Gasteiger partial charge < -0.3 is 10.2 Å². The van der Waals surface area contributed by atoms with E-state index in [1.54, 1.807) is 0 Å². The Balaban J connectivity index is 1.80. The monoisotopic (exact) mass is 338 g/mol. The number of nitrogens with zero attached hydrogens (tertiary/aromatic N) is 1. The Bertz CT molecular complexity index is 411. The molecule has 1 aromatic carbocycles. The maximum absolute atomic E-state index is 3.79. The highest BCUT2D eigenvalue weighted by Gasteiger charge is 2.21. The lowest BCUT2D eigenvalue weighted by Gasteiger charge is -2.34. The number of rotatable bonds is 5. The van der Waals surface area contributed by atoms with Crippen LogP contribution >= 0.6 is 15.9 Å². The van der Waals surface area contributed by atoms with Crippen molar-refractivity contribution in [2.24, 2.45) is 5.92 Å². The predicted molar refractivity (Wildman–Crippen MR) is 90.0 cm³/mol. The van der Waals surface area contributed by atoms with Crippen molar-refractivity contribution in [1.29, 1.82) is 0 Å². The largest absolute Gasteiger partial charge is 0.307 e. The molecule has 1 aliphatic rings. The van der Waals surface area contributed by atoms with Crippen LogP contribution in [0.15, 0.2) is 28.7 Å². The van der Waals surface area contributed by atoms with Crippen LogP contribution in [0.5, 0.6) is 0 Å². The first kappa shape index (κ1) is 16.0. The molecule has 1 saturated heterocycles. The van der Waals surface area contributed by atoms with Gasteiger partial charge >= 0.3 is 0 Å². The van der Waals surface area contributed by atoms with E-state index in [4.69, 9.17) is 0 Å². The van der Waals surface area contributed by atoms with Gasteiger partial charge in [0.15, 0.2) is 0 Å². The normalized spacial score (nSPS) is 19.4. The molecule has 1 unspecified atom stereocenters. The first-order chi connectivity index (χ1) is 9.54. The van der Waals surface area contributed by atoms with E-state index >= 15 is 0 Å². The zero-order valence-electron chi connectivity index (χ0n) is 12.9. The summed E-state index contributed by atoms with van der Waals surface area (Å²) in [7, 11) is 0. The molecule has 1 aromatic rings. The highest BCUT2D eigenvalue weighted by Crippen LogP contribution is 2.20. The molecular formula is C17H27BrN2. The van der Waals surface area contributed by atoms with Gasteiger partial charge in [0.2, 0.25) is 0 Å². The number of likely N-dealkylation sites (tertiary alicyclic amines) is 1. The fraction of sp³-hybridized carbons (Fsp3) is 0.647. The minimum atomic E-state index is 0.425. The molecule has 0 amide bonds. The Hall–Kier alpha value is -0.380. The van der Waals surface area contributed by atoms with Gasteiger partial charge in [0.05, 0.1) is 0 Å². The average Bonchev–Trinajstić information content (AvgIpc) is 2.40. The summed E-state index contributed by atoms with van der Waals surface area (Å²) in [6.45, 7) is 10.6. The SMILES string of the molecule is CC(C)CN1CCC(NC(C)c2cccc(Br)c2)CC1. The Morgan fingerprint density at radius 2 is 1.95 bits per heavy atom. The molecule has 0 saturated carbocycles. The minimum absolute atomic E-state index is 0.425. The van der Waals surface area contributed by atoms with E-state index in [9.17, 15) is 0 Å². The molecule has 0 bridgehead atoms. The van der Waals surface area contributed by atoms with E-state index in [0.29, 0.717) is 12.1 Å². The minimum Gasteiger partial charge on any atom is -0.307 e. The van der Waals surface area contributed by atoms with Crippen LogP contribution in [-0.2, 0) is 0 Å². The molecule has 112 valence electrons. The fourth-order valence-corrected chi connectivity index (χ4v) is 3.44. The van der Waals surface area contributed by atoms with Crippen LogP contribution in [0.4, 0.5) is 0 Å². The van der Waals surface area contributed by atoms with E-state index in [1.807, 2.05) is 0 Å². The van der Waals surface area contributed by atoms with Gasteiger partial charge in [0, 0.05) is 23.1 Å². The third kappa shape index (κ3) is 4.87. The predicted octanol–water partition coefficient (Wildman–Crippen LogP) is 4.22. The van der Waals surface area contributed by atoms with Crippen molar-refractivity contribution in [1.82, 2.24) is 10.2 Å². The second-order valence-electron chi connectivity index (χ2n) is 6.41. The highest BCUT2D eigenvalue weighted by molar-refractivity contribution is 9.10. The number of halogens is 1. The lowest BCUT2D eigenvalue weighted by molar-refractivity contribution is 0.175. The van der Waals surface area contributed by atoms with E-state index in [-0.39, 0.29) is 0 Å². The van der Waals surface area contributed by atoms with E-state index in [1.165, 1.54) is 38.0 Å². The summed E-state index contributed by atoms with van der Waals surface area (Å²) in [5.41, 5.74) is 1.36. The van der Waals surface area contributed by atoms with Gasteiger partial charge in [-0.25, -0.2) is 0 Å². The maximum atomic E-state index is 3.79. The average molecular weight is 339 g/mol. The van der Waals surface area contributed by atoms with E-state index in [2.05, 4.69) is 71.2 Å². The third-order valence-electron chi connectivity index (χ3n) is 4.05. The molecule has 2 rings (SSSR count). The summed E-state index contributed by atoms with van der Waals surface area (Å²) in [6.07, 6.45) is 2.54. The molecule has 1 heterocycles. The lowest BCUT2D eigenvalue weighted by atomic mass is 10.0. The van der Waals surface area contributed by atoms with Crippen molar-refractivity contribution in [3.8, 4) is 0 Å². The fourth-order valence-electron chi connectivity index (χ4n) is 3.02. The second-order valence-corrected chi connectivity index (χ2v) is 7.33. The Morgan fingerprint density at radius 1 is 1.25 bits per heavy atom. The number of piperidine rings is 1. The second kappa shape index (κ2) is 7.58. The molecule has 1 atom stereocenters. The van der Waals surface area contributed by atoms with Gasteiger partial charge in [0.25, 0.3) is 0 Å². The molecule has 0 aliphatic carbocycles. The lowest BCUT2D eigenvalue weighted by Crippen LogP contribution is -2.44. The van der Waals surface area contributed by atoms with Crippen molar-refractivity contribution in [3.05, 3.63) is 34.3 Å². The van der Waals surface area contributed by atoms with Crippen LogP contribution in [-0.4, -0.2) is 30.6 Å². The summed E-state index contributed by atoms with van der Waals surface area (Å²) >= 11 is 3.55. The van der Waals surface area contributed by atoms with Crippen molar-refractivity contribution in [2.75, 3.05) is 19.6 Å². The number of nitrogens with one attached hydrogen (secondary N) is 1. The number of benzene rings is 1. The number of hydrogen-bond acceptors (Lipinski definition) is 2. The van der Waals surface area contributed by atoms with E-state index in [0.717, 1.165) is 10.4 Å². The molecular weight excluding hydrogens is 312 g/mol. The molecule has 0 aromatic heterocycles. The van der Waals surface area contributed by atoms with Crippen molar-refractivity contribution in [2.45, 2.75) is 45.7 Å². The van der Waals surface area contributed by atoms with Crippen LogP contribution in [0.25, 0.3) is 0 Å². The smallest absolute Gasteiger partial charge is 0.0294 e. The molecule has 2 nitrogen and oxygen atoms in total. The molecule has 3 heteroatoms. The molecule has 1 N–H and O–H groups in total. The summed E-state index contributed by atoms with van der Waals surface area (Å²) in [4.78, 5) is 2.60.